The van der Waals surface area contributed by atoms with Crippen molar-refractivity contribution >= 4 is 11.7 Å². The standard InChI is InChI=1S/C13H18N4O/c1-8-3-4-12(16-15-8)17-6-10-5-14-13(18)9(2)11(10)7-17/h3-4,9-11H,5-7H2,1-2H3,(H,14,18)/t9-,10-,11-/m0/s1. The summed E-state index contributed by atoms with van der Waals surface area (Å²) >= 11 is 0. The molecule has 2 aliphatic rings. The van der Waals surface area contributed by atoms with Gasteiger partial charge < -0.3 is 10.2 Å². The average Bonchev–Trinajstić information content (AvgIpc) is 2.80. The summed E-state index contributed by atoms with van der Waals surface area (Å²) in [6.07, 6.45) is 0. The molecular weight excluding hydrogens is 228 g/mol. The molecule has 1 N–H and O–H groups in total. The molecule has 0 aromatic carbocycles. The minimum Gasteiger partial charge on any atom is -0.356 e. The van der Waals surface area contributed by atoms with E-state index in [9.17, 15) is 4.79 Å². The van der Waals surface area contributed by atoms with Crippen LogP contribution in [0.25, 0.3) is 0 Å². The normalized spacial score (nSPS) is 31.1. The molecule has 0 bridgehead atoms. The third kappa shape index (κ3) is 1.83. The molecule has 0 saturated carbocycles. The number of anilines is 1. The number of hydrogen-bond donors (Lipinski definition) is 1. The molecule has 2 aliphatic heterocycles. The lowest BCUT2D eigenvalue weighted by molar-refractivity contribution is -0.128. The number of amides is 1. The van der Waals surface area contributed by atoms with Gasteiger partial charge in [-0.05, 0) is 30.9 Å². The average molecular weight is 246 g/mol. The first-order valence-electron chi connectivity index (χ1n) is 6.48. The molecule has 5 nitrogen and oxygen atoms in total. The van der Waals surface area contributed by atoms with Gasteiger partial charge in [0.2, 0.25) is 5.91 Å². The molecule has 1 aromatic rings. The summed E-state index contributed by atoms with van der Waals surface area (Å²) in [5.41, 5.74) is 0.931. The molecule has 0 unspecified atom stereocenters. The highest BCUT2D eigenvalue weighted by Gasteiger charge is 2.42. The quantitative estimate of drug-likeness (QED) is 0.788. The predicted octanol–water partition coefficient (Wildman–Crippen LogP) is 0.603. The number of rotatable bonds is 1. The van der Waals surface area contributed by atoms with E-state index >= 15 is 0 Å². The molecule has 0 spiro atoms. The van der Waals surface area contributed by atoms with Gasteiger partial charge in [-0.15, -0.1) is 5.10 Å². The maximum absolute atomic E-state index is 11.7. The lowest BCUT2D eigenvalue weighted by Gasteiger charge is -2.29. The van der Waals surface area contributed by atoms with E-state index in [0.717, 1.165) is 31.1 Å². The number of aryl methyl sites for hydroxylation is 1. The second-order valence-corrected chi connectivity index (χ2v) is 5.40. The second kappa shape index (κ2) is 4.23. The SMILES string of the molecule is Cc1ccc(N2C[C@@H]3CNC(=O)[C@@H](C)[C@@H]3C2)nn1. The van der Waals surface area contributed by atoms with Gasteiger partial charge in [0, 0.05) is 25.6 Å². The van der Waals surface area contributed by atoms with Crippen LogP contribution in [0.15, 0.2) is 12.1 Å². The molecule has 1 amide bonds. The van der Waals surface area contributed by atoms with Gasteiger partial charge in [-0.1, -0.05) is 6.92 Å². The number of piperidine rings is 1. The van der Waals surface area contributed by atoms with E-state index < -0.39 is 0 Å². The molecule has 3 atom stereocenters. The fourth-order valence-electron chi connectivity index (χ4n) is 3.01. The maximum atomic E-state index is 11.7. The Hall–Kier alpha value is -1.65. The third-order valence-electron chi connectivity index (χ3n) is 4.19. The van der Waals surface area contributed by atoms with E-state index in [2.05, 4.69) is 20.4 Å². The summed E-state index contributed by atoms with van der Waals surface area (Å²) in [4.78, 5) is 13.9. The van der Waals surface area contributed by atoms with Crippen molar-refractivity contribution in [3.05, 3.63) is 17.8 Å². The van der Waals surface area contributed by atoms with E-state index in [1.807, 2.05) is 26.0 Å². The summed E-state index contributed by atoms with van der Waals surface area (Å²) in [7, 11) is 0. The van der Waals surface area contributed by atoms with E-state index in [-0.39, 0.29) is 11.8 Å². The first kappa shape index (κ1) is 11.4. The van der Waals surface area contributed by atoms with Gasteiger partial charge >= 0.3 is 0 Å². The number of carbonyl (C=O) groups excluding carboxylic acids is 1. The fraction of sp³-hybridized carbons (Fsp3) is 0.615. The van der Waals surface area contributed by atoms with Gasteiger partial charge in [0.05, 0.1) is 5.69 Å². The zero-order valence-corrected chi connectivity index (χ0v) is 10.8. The van der Waals surface area contributed by atoms with Crippen LogP contribution >= 0.6 is 0 Å². The monoisotopic (exact) mass is 246 g/mol. The van der Waals surface area contributed by atoms with Crippen molar-refractivity contribution in [2.24, 2.45) is 17.8 Å². The van der Waals surface area contributed by atoms with E-state index in [1.165, 1.54) is 0 Å². The molecule has 2 fully saturated rings. The van der Waals surface area contributed by atoms with Gasteiger partial charge in [-0.3, -0.25) is 4.79 Å². The zero-order chi connectivity index (χ0) is 12.7. The summed E-state index contributed by atoms with van der Waals surface area (Å²) in [5, 5.41) is 11.3. The van der Waals surface area contributed by atoms with Crippen LogP contribution in [-0.4, -0.2) is 35.7 Å². The van der Waals surface area contributed by atoms with Gasteiger partial charge in [-0.25, -0.2) is 0 Å². The Morgan fingerprint density at radius 1 is 1.33 bits per heavy atom. The van der Waals surface area contributed by atoms with Crippen molar-refractivity contribution < 1.29 is 4.79 Å². The van der Waals surface area contributed by atoms with Crippen LogP contribution in [0.1, 0.15) is 12.6 Å². The molecule has 0 radical (unpaired) electrons. The molecule has 96 valence electrons. The highest BCUT2D eigenvalue weighted by Crippen LogP contribution is 2.34. The number of nitrogens with zero attached hydrogens (tertiary/aromatic N) is 3. The van der Waals surface area contributed by atoms with Crippen molar-refractivity contribution in [1.82, 2.24) is 15.5 Å². The van der Waals surface area contributed by atoms with Crippen LogP contribution in [0.3, 0.4) is 0 Å². The van der Waals surface area contributed by atoms with Crippen molar-refractivity contribution in [2.45, 2.75) is 13.8 Å². The van der Waals surface area contributed by atoms with E-state index in [0.29, 0.717) is 11.8 Å². The smallest absolute Gasteiger partial charge is 0.223 e. The minimum atomic E-state index is 0.104. The van der Waals surface area contributed by atoms with Gasteiger partial charge in [0.25, 0.3) is 0 Å². The third-order valence-corrected chi connectivity index (χ3v) is 4.19. The number of hydrogen-bond acceptors (Lipinski definition) is 4. The Labute approximate surface area is 107 Å². The van der Waals surface area contributed by atoms with Crippen LogP contribution < -0.4 is 10.2 Å². The Bertz CT molecular complexity index is 459. The molecule has 3 heterocycles. The number of fused-ring (bicyclic) bond motifs is 1. The summed E-state index contributed by atoms with van der Waals surface area (Å²) < 4.78 is 0. The van der Waals surface area contributed by atoms with E-state index in [1.54, 1.807) is 0 Å². The van der Waals surface area contributed by atoms with Gasteiger partial charge in [0.1, 0.15) is 0 Å². The van der Waals surface area contributed by atoms with Crippen LogP contribution in [0.5, 0.6) is 0 Å². The van der Waals surface area contributed by atoms with Crippen molar-refractivity contribution in [2.75, 3.05) is 24.5 Å². The lowest BCUT2D eigenvalue weighted by atomic mass is 9.81. The molecule has 1 aromatic heterocycles. The molecule has 3 rings (SSSR count). The highest BCUT2D eigenvalue weighted by molar-refractivity contribution is 5.79. The van der Waals surface area contributed by atoms with Gasteiger partial charge in [-0.2, -0.15) is 5.10 Å². The van der Waals surface area contributed by atoms with Crippen LogP contribution in [0, 0.1) is 24.7 Å². The van der Waals surface area contributed by atoms with Crippen molar-refractivity contribution in [3.8, 4) is 0 Å². The molecule has 18 heavy (non-hydrogen) atoms. The first-order valence-corrected chi connectivity index (χ1v) is 6.48. The Kier molecular flexibility index (Phi) is 2.69. The Morgan fingerprint density at radius 3 is 2.89 bits per heavy atom. The molecule has 0 aliphatic carbocycles. The van der Waals surface area contributed by atoms with Crippen molar-refractivity contribution in [1.29, 1.82) is 0 Å². The Morgan fingerprint density at radius 2 is 2.17 bits per heavy atom. The first-order chi connectivity index (χ1) is 8.65. The number of nitrogens with one attached hydrogen (secondary N) is 1. The lowest BCUT2D eigenvalue weighted by Crippen LogP contribution is -2.46. The summed E-state index contributed by atoms with van der Waals surface area (Å²) in [6, 6.07) is 4.00. The summed E-state index contributed by atoms with van der Waals surface area (Å²) in [6.45, 7) is 6.63. The van der Waals surface area contributed by atoms with Crippen LogP contribution in [0.2, 0.25) is 0 Å². The van der Waals surface area contributed by atoms with Crippen LogP contribution in [-0.2, 0) is 4.79 Å². The summed E-state index contributed by atoms with van der Waals surface area (Å²) in [5.74, 6) is 2.21. The highest BCUT2D eigenvalue weighted by atomic mass is 16.1. The van der Waals surface area contributed by atoms with Gasteiger partial charge in [0.15, 0.2) is 5.82 Å². The number of aromatic nitrogens is 2. The molecule has 2 saturated heterocycles. The van der Waals surface area contributed by atoms with Crippen molar-refractivity contribution in [3.63, 3.8) is 0 Å². The zero-order valence-electron chi connectivity index (χ0n) is 10.8. The predicted molar refractivity (Wildman–Crippen MR) is 68.1 cm³/mol. The Balaban J connectivity index is 1.78. The second-order valence-electron chi connectivity index (χ2n) is 5.40. The number of carbonyl (C=O) groups is 1. The van der Waals surface area contributed by atoms with Crippen LogP contribution in [0.4, 0.5) is 5.82 Å². The topological polar surface area (TPSA) is 58.1 Å². The maximum Gasteiger partial charge on any atom is 0.223 e. The molecular formula is C13H18N4O. The molecule has 5 heteroatoms. The fourth-order valence-corrected chi connectivity index (χ4v) is 3.01. The minimum absolute atomic E-state index is 0.104. The largest absolute Gasteiger partial charge is 0.356 e. The van der Waals surface area contributed by atoms with E-state index in [4.69, 9.17) is 0 Å².